The van der Waals surface area contributed by atoms with Gasteiger partial charge in [0.15, 0.2) is 0 Å². The van der Waals surface area contributed by atoms with E-state index in [2.05, 4.69) is 0 Å². The third kappa shape index (κ3) is 46.9. The zero-order valence-corrected chi connectivity index (χ0v) is 5.64. The van der Waals surface area contributed by atoms with E-state index in [1.807, 2.05) is 0 Å². The molecule has 0 aromatic carbocycles. The second-order valence-corrected chi connectivity index (χ2v) is 1.46. The van der Waals surface area contributed by atoms with Crippen molar-refractivity contribution in [3.8, 4) is 0 Å². The molecule has 0 N–H and O–H groups in total. The van der Waals surface area contributed by atoms with E-state index in [0.717, 1.165) is 0 Å². The third-order valence-corrected chi connectivity index (χ3v) is 0. The number of hydrogen-bond acceptors (Lipinski definition) is 1. The van der Waals surface area contributed by atoms with Gasteiger partial charge >= 0.3 is 0 Å². The van der Waals surface area contributed by atoms with Gasteiger partial charge in [-0.15, -0.1) is 0 Å². The van der Waals surface area contributed by atoms with Crippen molar-refractivity contribution in [3.63, 3.8) is 0 Å². The summed E-state index contributed by atoms with van der Waals surface area (Å²) >= 11 is 5.11. The largest absolute Gasteiger partial charge is 0.226 e. The summed E-state index contributed by atoms with van der Waals surface area (Å²) in [6.07, 6.45) is 0. The van der Waals surface area contributed by atoms with Crippen molar-refractivity contribution < 1.29 is 21.7 Å². The Kier molecular flexibility index (Phi) is 9.29. The fourth-order valence-corrected chi connectivity index (χ4v) is 0. The average molecular weight is 127 g/mol. The number of nitrogens with zero attached hydrogens (tertiary/aromatic N) is 1. The van der Waals surface area contributed by atoms with E-state index in [1.165, 1.54) is 4.42 Å². The van der Waals surface area contributed by atoms with E-state index in [-0.39, 0.29) is 21.7 Å². The summed E-state index contributed by atoms with van der Waals surface area (Å²) in [5.41, 5.74) is 0. The van der Waals surface area contributed by atoms with Crippen LogP contribution in [0.4, 0.5) is 0 Å². The molecule has 30 valence electrons. The molecule has 0 saturated heterocycles. The van der Waals surface area contributed by atoms with Gasteiger partial charge in [0.05, 0.1) is 0 Å². The SMILES string of the molecule is CN(C)Cl.[Ti]. The minimum atomic E-state index is 0. The molecule has 0 rings (SSSR count). The maximum absolute atomic E-state index is 5.11. The minimum absolute atomic E-state index is 0. The molecule has 0 heterocycles. The molecule has 0 aliphatic heterocycles. The second kappa shape index (κ2) is 4.96. The van der Waals surface area contributed by atoms with Crippen molar-refractivity contribution in [1.29, 1.82) is 0 Å². The molecule has 0 spiro atoms. The van der Waals surface area contributed by atoms with Gasteiger partial charge < -0.3 is 0 Å². The summed E-state index contributed by atoms with van der Waals surface area (Å²) in [6.45, 7) is 0. The summed E-state index contributed by atoms with van der Waals surface area (Å²) in [4.78, 5) is 0. The molecule has 5 heavy (non-hydrogen) atoms. The van der Waals surface area contributed by atoms with Crippen LogP contribution in [0.25, 0.3) is 0 Å². The maximum atomic E-state index is 5.11. The van der Waals surface area contributed by atoms with Crippen LogP contribution in [0.15, 0.2) is 0 Å². The molecule has 0 aliphatic carbocycles. The van der Waals surface area contributed by atoms with Gasteiger partial charge in [0, 0.05) is 35.8 Å². The van der Waals surface area contributed by atoms with Crippen molar-refractivity contribution in [2.24, 2.45) is 0 Å². The Morgan fingerprint density at radius 3 is 1.40 bits per heavy atom. The molecular formula is C2H6ClNTi. The van der Waals surface area contributed by atoms with E-state index >= 15 is 0 Å². The molecule has 0 saturated carbocycles. The molecule has 0 atom stereocenters. The van der Waals surface area contributed by atoms with Gasteiger partial charge in [-0.2, -0.15) is 0 Å². The molecule has 0 aromatic rings. The summed E-state index contributed by atoms with van der Waals surface area (Å²) in [5, 5.41) is 0. The Morgan fingerprint density at radius 1 is 1.40 bits per heavy atom. The van der Waals surface area contributed by atoms with Crippen molar-refractivity contribution in [2.45, 2.75) is 0 Å². The van der Waals surface area contributed by atoms with Gasteiger partial charge in [-0.3, -0.25) is 0 Å². The number of rotatable bonds is 0. The van der Waals surface area contributed by atoms with Crippen LogP contribution >= 0.6 is 11.8 Å². The van der Waals surface area contributed by atoms with Crippen LogP contribution in [0.5, 0.6) is 0 Å². The van der Waals surface area contributed by atoms with Gasteiger partial charge in [-0.1, -0.05) is 0 Å². The first-order valence-corrected chi connectivity index (χ1v) is 1.40. The first kappa shape index (κ1) is 9.35. The minimum Gasteiger partial charge on any atom is -0.226 e. The van der Waals surface area contributed by atoms with Crippen molar-refractivity contribution in [2.75, 3.05) is 14.1 Å². The van der Waals surface area contributed by atoms with Crippen LogP contribution in [-0.2, 0) is 21.7 Å². The van der Waals surface area contributed by atoms with Crippen LogP contribution in [0, 0.1) is 0 Å². The first-order chi connectivity index (χ1) is 1.73. The normalized spacial score (nSPS) is 7.20. The van der Waals surface area contributed by atoms with Crippen molar-refractivity contribution in [1.82, 2.24) is 4.42 Å². The fraction of sp³-hybridized carbons (Fsp3) is 1.00. The van der Waals surface area contributed by atoms with E-state index in [1.54, 1.807) is 14.1 Å². The van der Waals surface area contributed by atoms with Gasteiger partial charge in [0.25, 0.3) is 0 Å². The fourth-order valence-electron chi connectivity index (χ4n) is 0. The van der Waals surface area contributed by atoms with Crippen LogP contribution in [0.3, 0.4) is 0 Å². The summed E-state index contributed by atoms with van der Waals surface area (Å²) in [7, 11) is 3.53. The van der Waals surface area contributed by atoms with E-state index in [4.69, 9.17) is 11.8 Å². The van der Waals surface area contributed by atoms with Gasteiger partial charge in [-0.05, 0) is 11.8 Å². The molecule has 0 radical (unpaired) electrons. The molecule has 3 heteroatoms. The van der Waals surface area contributed by atoms with Gasteiger partial charge in [0.1, 0.15) is 0 Å². The van der Waals surface area contributed by atoms with Crippen LogP contribution in [0.2, 0.25) is 0 Å². The Bertz CT molecular complexity index is 14.4. The summed E-state index contributed by atoms with van der Waals surface area (Å²) < 4.78 is 1.47. The summed E-state index contributed by atoms with van der Waals surface area (Å²) in [5.74, 6) is 0. The van der Waals surface area contributed by atoms with E-state index in [0.29, 0.717) is 0 Å². The van der Waals surface area contributed by atoms with Gasteiger partial charge in [-0.25, -0.2) is 4.42 Å². The Balaban J connectivity index is 0. The van der Waals surface area contributed by atoms with Crippen molar-refractivity contribution in [3.05, 3.63) is 0 Å². The second-order valence-electron chi connectivity index (χ2n) is 0.785. The van der Waals surface area contributed by atoms with E-state index < -0.39 is 0 Å². The molecule has 0 unspecified atom stereocenters. The topological polar surface area (TPSA) is 3.24 Å². The molecule has 0 aliphatic rings. The zero-order valence-electron chi connectivity index (χ0n) is 3.33. The van der Waals surface area contributed by atoms with Crippen LogP contribution in [0.1, 0.15) is 0 Å². The van der Waals surface area contributed by atoms with E-state index in [9.17, 15) is 0 Å². The van der Waals surface area contributed by atoms with Crippen LogP contribution < -0.4 is 0 Å². The molecular weight excluding hydrogens is 121 g/mol. The van der Waals surface area contributed by atoms with Crippen molar-refractivity contribution >= 4 is 11.8 Å². The molecule has 1 nitrogen and oxygen atoms in total. The summed E-state index contributed by atoms with van der Waals surface area (Å²) in [6, 6.07) is 0. The predicted molar refractivity (Wildman–Crippen MR) is 19.5 cm³/mol. The Labute approximate surface area is 52.3 Å². The first-order valence-electron chi connectivity index (χ1n) is 1.06. The smallest absolute Gasteiger partial charge is 0.00209 e. The standard InChI is InChI=1S/C2H6ClN.Ti/c1-4(2)3;/h1-2H3;. The van der Waals surface area contributed by atoms with Gasteiger partial charge in [0.2, 0.25) is 0 Å². The zero-order chi connectivity index (χ0) is 3.58. The monoisotopic (exact) mass is 127 g/mol. The quantitative estimate of drug-likeness (QED) is 0.342. The molecule has 0 bridgehead atoms. The molecule has 0 fully saturated rings. The average Bonchev–Trinajstić information content (AvgIpc) is 0.811. The number of hydrogen-bond donors (Lipinski definition) is 0. The Hall–Kier alpha value is 0.964. The predicted octanol–water partition coefficient (Wildman–Crippen LogP) is 0.699. The molecule has 0 aromatic heterocycles. The molecule has 0 amide bonds. The van der Waals surface area contributed by atoms with Crippen LogP contribution in [-0.4, -0.2) is 18.5 Å². The maximum Gasteiger partial charge on any atom is 0.00209 e. The third-order valence-electron chi connectivity index (χ3n) is 0. The number of halogens is 1. The Morgan fingerprint density at radius 2 is 1.40 bits per heavy atom.